The van der Waals surface area contributed by atoms with Gasteiger partial charge in [-0.3, -0.25) is 4.79 Å². The highest BCUT2D eigenvalue weighted by Gasteiger charge is 2.14. The van der Waals surface area contributed by atoms with Crippen LogP contribution in [0.25, 0.3) is 0 Å². The summed E-state index contributed by atoms with van der Waals surface area (Å²) in [6.45, 7) is -0.0269. The minimum Gasteiger partial charge on any atom is -0.465 e. The molecule has 0 radical (unpaired) electrons. The number of thiophene rings is 1. The number of esters is 1. The quantitative estimate of drug-likeness (QED) is 0.763. The van der Waals surface area contributed by atoms with E-state index in [1.54, 1.807) is 11.4 Å². The third-order valence-electron chi connectivity index (χ3n) is 1.87. The molecule has 1 amide bonds. The normalized spacial score (nSPS) is 9.88. The van der Waals surface area contributed by atoms with Crippen molar-refractivity contribution in [3.05, 3.63) is 16.3 Å². The molecule has 0 bridgehead atoms. The molecule has 0 unspecified atom stereocenters. The highest BCUT2D eigenvalue weighted by atomic mass is 32.1. The molecule has 0 atom stereocenters. The number of rotatable bonds is 5. The number of methoxy groups -OCH3 is 1. The van der Waals surface area contributed by atoms with E-state index in [4.69, 9.17) is 5.11 Å². The van der Waals surface area contributed by atoms with Crippen LogP contribution in [0.15, 0.2) is 11.4 Å². The lowest BCUT2D eigenvalue weighted by molar-refractivity contribution is -0.116. The molecule has 1 rings (SSSR count). The summed E-state index contributed by atoms with van der Waals surface area (Å²) < 4.78 is 4.58. The van der Waals surface area contributed by atoms with Crippen molar-refractivity contribution in [2.24, 2.45) is 0 Å². The Kier molecular flexibility index (Phi) is 4.94. The molecule has 0 aliphatic rings. The Labute approximate surface area is 97.0 Å². The SMILES string of the molecule is COC(=O)c1sccc1NC(=O)CCCO. The number of carbonyl (C=O) groups excluding carboxylic acids is 2. The van der Waals surface area contributed by atoms with Gasteiger partial charge in [0, 0.05) is 13.0 Å². The molecule has 0 spiro atoms. The Hall–Kier alpha value is -1.40. The Morgan fingerprint density at radius 2 is 2.31 bits per heavy atom. The molecule has 6 heteroatoms. The van der Waals surface area contributed by atoms with Gasteiger partial charge in [-0.2, -0.15) is 0 Å². The van der Waals surface area contributed by atoms with Crippen LogP contribution in [0.2, 0.25) is 0 Å². The van der Waals surface area contributed by atoms with E-state index in [1.807, 2.05) is 0 Å². The van der Waals surface area contributed by atoms with Crippen LogP contribution in [0.5, 0.6) is 0 Å². The summed E-state index contributed by atoms with van der Waals surface area (Å²) in [7, 11) is 1.29. The number of ether oxygens (including phenoxy) is 1. The molecule has 16 heavy (non-hydrogen) atoms. The molecule has 0 saturated heterocycles. The van der Waals surface area contributed by atoms with Crippen molar-refractivity contribution in [1.29, 1.82) is 0 Å². The predicted molar refractivity (Wildman–Crippen MR) is 60.6 cm³/mol. The van der Waals surface area contributed by atoms with E-state index in [9.17, 15) is 9.59 Å². The van der Waals surface area contributed by atoms with E-state index in [0.717, 1.165) is 0 Å². The zero-order chi connectivity index (χ0) is 12.0. The van der Waals surface area contributed by atoms with Crippen molar-refractivity contribution < 1.29 is 19.4 Å². The first-order valence-electron chi connectivity index (χ1n) is 4.75. The number of hydrogen-bond acceptors (Lipinski definition) is 5. The van der Waals surface area contributed by atoms with Crippen molar-refractivity contribution >= 4 is 28.9 Å². The monoisotopic (exact) mass is 243 g/mol. The maximum absolute atomic E-state index is 11.4. The van der Waals surface area contributed by atoms with E-state index in [-0.39, 0.29) is 18.9 Å². The Balaban J connectivity index is 2.63. The van der Waals surface area contributed by atoms with Gasteiger partial charge in [-0.25, -0.2) is 4.79 Å². The van der Waals surface area contributed by atoms with E-state index in [2.05, 4.69) is 10.1 Å². The van der Waals surface area contributed by atoms with Crippen molar-refractivity contribution in [3.8, 4) is 0 Å². The third kappa shape index (κ3) is 3.32. The fourth-order valence-corrected chi connectivity index (χ4v) is 1.88. The Morgan fingerprint density at radius 3 is 2.94 bits per heavy atom. The van der Waals surface area contributed by atoms with Crippen LogP contribution in [-0.4, -0.2) is 30.7 Å². The largest absolute Gasteiger partial charge is 0.465 e. The van der Waals surface area contributed by atoms with Gasteiger partial charge in [0.1, 0.15) is 4.88 Å². The van der Waals surface area contributed by atoms with Crippen LogP contribution < -0.4 is 5.32 Å². The highest BCUT2D eigenvalue weighted by Crippen LogP contribution is 2.23. The van der Waals surface area contributed by atoms with Gasteiger partial charge in [0.05, 0.1) is 12.8 Å². The molecular formula is C10H13NO4S. The number of aliphatic hydroxyl groups excluding tert-OH is 1. The van der Waals surface area contributed by atoms with Gasteiger partial charge in [-0.05, 0) is 17.9 Å². The van der Waals surface area contributed by atoms with Crippen molar-refractivity contribution in [1.82, 2.24) is 0 Å². The maximum Gasteiger partial charge on any atom is 0.350 e. The lowest BCUT2D eigenvalue weighted by atomic mass is 10.3. The van der Waals surface area contributed by atoms with Gasteiger partial charge in [0.15, 0.2) is 0 Å². The average Bonchev–Trinajstić information content (AvgIpc) is 2.73. The first-order chi connectivity index (χ1) is 7.69. The molecule has 0 aromatic carbocycles. The lowest BCUT2D eigenvalue weighted by Gasteiger charge is -2.04. The van der Waals surface area contributed by atoms with Crippen molar-refractivity contribution in [3.63, 3.8) is 0 Å². The fourth-order valence-electron chi connectivity index (χ4n) is 1.11. The van der Waals surface area contributed by atoms with E-state index in [0.29, 0.717) is 17.0 Å². The zero-order valence-corrected chi connectivity index (χ0v) is 9.67. The summed E-state index contributed by atoms with van der Waals surface area (Å²) in [5.41, 5.74) is 0.458. The minimum atomic E-state index is -0.465. The van der Waals surface area contributed by atoms with Crippen LogP contribution in [0.4, 0.5) is 5.69 Å². The second-order valence-electron chi connectivity index (χ2n) is 3.03. The average molecular weight is 243 g/mol. The first kappa shape index (κ1) is 12.7. The number of amides is 1. The topological polar surface area (TPSA) is 75.6 Å². The summed E-state index contributed by atoms with van der Waals surface area (Å²) in [6, 6.07) is 1.65. The summed E-state index contributed by atoms with van der Waals surface area (Å²) in [4.78, 5) is 23.0. The predicted octanol–water partition coefficient (Wildman–Crippen LogP) is 1.25. The molecule has 88 valence electrons. The van der Waals surface area contributed by atoms with Crippen LogP contribution in [0, 0.1) is 0 Å². The Bertz CT molecular complexity index is 375. The zero-order valence-electron chi connectivity index (χ0n) is 8.86. The molecule has 1 heterocycles. The Morgan fingerprint density at radius 1 is 1.56 bits per heavy atom. The number of carbonyl (C=O) groups is 2. The minimum absolute atomic E-state index is 0.0269. The van der Waals surface area contributed by atoms with Crippen molar-refractivity contribution in [2.45, 2.75) is 12.8 Å². The summed E-state index contributed by atoms with van der Waals surface area (Å²) in [5.74, 6) is -0.690. The van der Waals surface area contributed by atoms with Gasteiger partial charge < -0.3 is 15.2 Å². The number of anilines is 1. The molecule has 1 aromatic heterocycles. The number of aliphatic hydroxyl groups is 1. The molecule has 5 nitrogen and oxygen atoms in total. The van der Waals surface area contributed by atoms with E-state index in [1.165, 1.54) is 18.4 Å². The second kappa shape index (κ2) is 6.24. The number of hydrogen-bond donors (Lipinski definition) is 2. The van der Waals surface area contributed by atoms with Crippen molar-refractivity contribution in [2.75, 3.05) is 19.0 Å². The lowest BCUT2D eigenvalue weighted by Crippen LogP contribution is -2.13. The molecule has 1 aromatic rings. The van der Waals surface area contributed by atoms with Crippen LogP contribution in [0.3, 0.4) is 0 Å². The molecule has 2 N–H and O–H groups in total. The first-order valence-corrected chi connectivity index (χ1v) is 5.63. The van der Waals surface area contributed by atoms with Crippen LogP contribution in [-0.2, 0) is 9.53 Å². The third-order valence-corrected chi connectivity index (χ3v) is 2.77. The summed E-state index contributed by atoms with van der Waals surface area (Å²) in [5, 5.41) is 12.9. The molecule has 0 fully saturated rings. The standard InChI is InChI=1S/C10H13NO4S/c1-15-10(14)9-7(4-6-16-9)11-8(13)3-2-5-12/h4,6,12H,2-3,5H2,1H3,(H,11,13). The van der Waals surface area contributed by atoms with Gasteiger partial charge in [-0.15, -0.1) is 11.3 Å². The molecule has 0 aliphatic carbocycles. The molecule has 0 aliphatic heterocycles. The van der Waals surface area contributed by atoms with Crippen LogP contribution in [0.1, 0.15) is 22.5 Å². The molecular weight excluding hydrogens is 230 g/mol. The number of nitrogens with one attached hydrogen (secondary N) is 1. The van der Waals surface area contributed by atoms with E-state index < -0.39 is 5.97 Å². The highest BCUT2D eigenvalue weighted by molar-refractivity contribution is 7.12. The van der Waals surface area contributed by atoms with Gasteiger partial charge in [-0.1, -0.05) is 0 Å². The van der Waals surface area contributed by atoms with Gasteiger partial charge in [0.25, 0.3) is 0 Å². The van der Waals surface area contributed by atoms with E-state index >= 15 is 0 Å². The summed E-state index contributed by atoms with van der Waals surface area (Å²) >= 11 is 1.21. The molecule has 0 saturated carbocycles. The van der Waals surface area contributed by atoms with Crippen LogP contribution >= 0.6 is 11.3 Å². The fraction of sp³-hybridized carbons (Fsp3) is 0.400. The summed E-state index contributed by atoms with van der Waals surface area (Å²) in [6.07, 6.45) is 0.635. The second-order valence-corrected chi connectivity index (χ2v) is 3.95. The smallest absolute Gasteiger partial charge is 0.350 e. The van der Waals surface area contributed by atoms with Gasteiger partial charge in [0.2, 0.25) is 5.91 Å². The maximum atomic E-state index is 11.4. The van der Waals surface area contributed by atoms with Gasteiger partial charge >= 0.3 is 5.97 Å².